The average Bonchev–Trinajstić information content (AvgIpc) is 2.76. The van der Waals surface area contributed by atoms with E-state index in [1.165, 1.54) is 16.7 Å². The van der Waals surface area contributed by atoms with Crippen LogP contribution in [0.25, 0.3) is 0 Å². The molecule has 0 aliphatic heterocycles. The zero-order valence-corrected chi connectivity index (χ0v) is 13.2. The number of aryl methyl sites for hydroxylation is 2. The van der Waals surface area contributed by atoms with Crippen molar-refractivity contribution in [1.82, 2.24) is 0 Å². The van der Waals surface area contributed by atoms with Crippen LogP contribution in [0.1, 0.15) is 24.5 Å². The van der Waals surface area contributed by atoms with Gasteiger partial charge < -0.3 is 0 Å². The number of hydrogen-bond donors (Lipinski definition) is 0. The molecule has 1 unspecified atom stereocenters. The molecule has 1 aromatic rings. The van der Waals surface area contributed by atoms with Crippen molar-refractivity contribution in [3.05, 3.63) is 53.1 Å². The van der Waals surface area contributed by atoms with Gasteiger partial charge in [-0.05, 0) is 25.8 Å². The van der Waals surface area contributed by atoms with Crippen LogP contribution in [-0.4, -0.2) is 8.07 Å². The Balaban J connectivity index is 2.37. The molecule has 0 saturated carbocycles. The number of rotatable bonds is 3. The molecule has 0 spiro atoms. The maximum absolute atomic E-state index is 2.49. The van der Waals surface area contributed by atoms with Crippen molar-refractivity contribution in [3.63, 3.8) is 0 Å². The van der Waals surface area contributed by atoms with Gasteiger partial charge in [0, 0.05) is 0 Å². The normalized spacial score (nSPS) is 19.2. The number of hydrogen-bond acceptors (Lipinski definition) is 0. The molecule has 1 heteroatoms. The van der Waals surface area contributed by atoms with E-state index < -0.39 is 8.07 Å². The molecule has 0 aromatic heterocycles. The van der Waals surface area contributed by atoms with Crippen LogP contribution in [-0.2, 0) is 0 Å². The second-order valence-corrected chi connectivity index (χ2v) is 10.8. The molecule has 1 aliphatic carbocycles. The van der Waals surface area contributed by atoms with E-state index in [9.17, 15) is 0 Å². The van der Waals surface area contributed by atoms with Crippen molar-refractivity contribution in [1.29, 1.82) is 0 Å². The Bertz CT molecular complexity index is 486. The number of benzene rings is 1. The Morgan fingerprint density at radius 2 is 1.67 bits per heavy atom. The Hall–Kier alpha value is -1.08. The summed E-state index contributed by atoms with van der Waals surface area (Å²) in [5.41, 5.74) is 4.96. The summed E-state index contributed by atoms with van der Waals surface area (Å²) < 4.78 is 0. The van der Waals surface area contributed by atoms with Crippen LogP contribution < -0.4 is 5.19 Å². The fourth-order valence-corrected chi connectivity index (χ4v) is 5.59. The highest BCUT2D eigenvalue weighted by atomic mass is 28.3. The first-order valence-corrected chi connectivity index (χ1v) is 9.99. The van der Waals surface area contributed by atoms with Gasteiger partial charge in [-0.25, -0.2) is 0 Å². The molecule has 0 saturated heterocycles. The fraction of sp³-hybridized carbons (Fsp3) is 0.412. The average molecular weight is 256 g/mol. The Kier molecular flexibility index (Phi) is 3.63. The molecule has 18 heavy (non-hydrogen) atoms. The lowest BCUT2D eigenvalue weighted by molar-refractivity contribution is 1.15. The third kappa shape index (κ3) is 2.51. The predicted molar refractivity (Wildman–Crippen MR) is 84.3 cm³/mol. The molecule has 0 radical (unpaired) electrons. The SMILES string of the molecule is CCC1=CC([Si](C)(C)c2cc(C)cc(C)c2)C=C1. The summed E-state index contributed by atoms with van der Waals surface area (Å²) in [6.45, 7) is 11.6. The van der Waals surface area contributed by atoms with Crippen molar-refractivity contribution in [3.8, 4) is 0 Å². The van der Waals surface area contributed by atoms with Gasteiger partial charge in [-0.2, -0.15) is 0 Å². The first-order chi connectivity index (χ1) is 8.43. The van der Waals surface area contributed by atoms with Gasteiger partial charge in [-0.1, -0.05) is 78.3 Å². The van der Waals surface area contributed by atoms with Gasteiger partial charge in [-0.3, -0.25) is 0 Å². The van der Waals surface area contributed by atoms with Gasteiger partial charge in [0.15, 0.2) is 0 Å². The van der Waals surface area contributed by atoms with E-state index >= 15 is 0 Å². The minimum absolute atomic E-state index is 0.661. The summed E-state index contributed by atoms with van der Waals surface area (Å²) in [5, 5.41) is 1.59. The second-order valence-electron chi connectivity index (χ2n) is 6.08. The van der Waals surface area contributed by atoms with Gasteiger partial charge in [-0.15, -0.1) is 0 Å². The molecule has 0 amide bonds. The van der Waals surface area contributed by atoms with Gasteiger partial charge in [0.05, 0.1) is 8.07 Å². The Morgan fingerprint density at radius 1 is 1.06 bits per heavy atom. The standard InChI is InChI=1S/C17H24Si/c1-6-15-7-8-16(12-15)18(4,5)17-10-13(2)9-14(3)11-17/h7-12,16H,6H2,1-5H3. The zero-order valence-electron chi connectivity index (χ0n) is 12.2. The van der Waals surface area contributed by atoms with Crippen LogP contribution in [0.3, 0.4) is 0 Å². The molecule has 0 fully saturated rings. The van der Waals surface area contributed by atoms with E-state index in [-0.39, 0.29) is 0 Å². The Labute approximate surface area is 112 Å². The molecule has 0 nitrogen and oxygen atoms in total. The molecular weight excluding hydrogens is 232 g/mol. The molecule has 0 N–H and O–H groups in total. The molecule has 1 aromatic carbocycles. The van der Waals surface area contributed by atoms with Gasteiger partial charge in [0.2, 0.25) is 0 Å². The summed E-state index contributed by atoms with van der Waals surface area (Å²) in [5.74, 6) is 0. The zero-order chi connectivity index (χ0) is 13.3. The van der Waals surface area contributed by atoms with Crippen LogP contribution in [0.2, 0.25) is 18.6 Å². The van der Waals surface area contributed by atoms with Crippen LogP contribution in [0.4, 0.5) is 0 Å². The minimum Gasteiger partial charge on any atom is -0.0797 e. The summed E-state index contributed by atoms with van der Waals surface area (Å²) in [4.78, 5) is 0. The quantitative estimate of drug-likeness (QED) is 0.699. The van der Waals surface area contributed by atoms with E-state index in [4.69, 9.17) is 0 Å². The summed E-state index contributed by atoms with van der Waals surface area (Å²) >= 11 is 0. The van der Waals surface area contributed by atoms with E-state index in [1.807, 2.05) is 0 Å². The summed E-state index contributed by atoms with van der Waals surface area (Å²) in [6, 6.07) is 7.06. The van der Waals surface area contributed by atoms with E-state index in [1.54, 1.807) is 5.19 Å². The largest absolute Gasteiger partial charge is 0.0912 e. The topological polar surface area (TPSA) is 0 Å². The van der Waals surface area contributed by atoms with Crippen LogP contribution in [0.5, 0.6) is 0 Å². The second kappa shape index (κ2) is 4.89. The smallest absolute Gasteiger partial charge is 0.0797 e. The molecule has 1 atom stereocenters. The highest BCUT2D eigenvalue weighted by Gasteiger charge is 2.32. The van der Waals surface area contributed by atoms with Crippen LogP contribution in [0, 0.1) is 13.8 Å². The van der Waals surface area contributed by atoms with Crippen LogP contribution >= 0.6 is 0 Å². The van der Waals surface area contributed by atoms with Crippen molar-refractivity contribution >= 4 is 13.3 Å². The molecule has 1 aliphatic rings. The lowest BCUT2D eigenvalue weighted by Crippen LogP contribution is -2.44. The highest BCUT2D eigenvalue weighted by molar-refractivity contribution is 6.91. The van der Waals surface area contributed by atoms with Gasteiger partial charge >= 0.3 is 0 Å². The number of allylic oxidation sites excluding steroid dienone is 4. The molecule has 96 valence electrons. The molecule has 0 heterocycles. The fourth-order valence-electron chi connectivity index (χ4n) is 2.79. The third-order valence-electron chi connectivity index (χ3n) is 4.12. The van der Waals surface area contributed by atoms with E-state index in [2.05, 4.69) is 70.3 Å². The first kappa shape index (κ1) is 13.4. The molecule has 0 bridgehead atoms. The van der Waals surface area contributed by atoms with Crippen molar-refractivity contribution in [2.24, 2.45) is 0 Å². The lowest BCUT2D eigenvalue weighted by atomic mass is 10.2. The van der Waals surface area contributed by atoms with E-state index in [0.717, 1.165) is 6.42 Å². The summed E-state index contributed by atoms with van der Waals surface area (Å²) in [7, 11) is -1.43. The van der Waals surface area contributed by atoms with Crippen LogP contribution in [0.15, 0.2) is 42.0 Å². The van der Waals surface area contributed by atoms with Gasteiger partial charge in [0.1, 0.15) is 0 Å². The third-order valence-corrected chi connectivity index (χ3v) is 7.92. The van der Waals surface area contributed by atoms with Crippen molar-refractivity contribution in [2.75, 3.05) is 0 Å². The van der Waals surface area contributed by atoms with E-state index in [0.29, 0.717) is 5.54 Å². The monoisotopic (exact) mass is 256 g/mol. The summed E-state index contributed by atoms with van der Waals surface area (Å²) in [6.07, 6.45) is 8.39. The Morgan fingerprint density at radius 3 is 2.17 bits per heavy atom. The highest BCUT2D eigenvalue weighted by Crippen LogP contribution is 2.32. The van der Waals surface area contributed by atoms with Crippen molar-refractivity contribution in [2.45, 2.75) is 45.8 Å². The lowest BCUT2D eigenvalue weighted by Gasteiger charge is -2.28. The van der Waals surface area contributed by atoms with Gasteiger partial charge in [0.25, 0.3) is 0 Å². The predicted octanol–water partition coefficient (Wildman–Crippen LogP) is 4.50. The minimum atomic E-state index is -1.43. The first-order valence-electron chi connectivity index (χ1n) is 6.91. The maximum atomic E-state index is 2.49. The molecular formula is C17H24Si. The maximum Gasteiger partial charge on any atom is 0.0912 e. The molecule has 2 rings (SSSR count). The van der Waals surface area contributed by atoms with Crippen molar-refractivity contribution < 1.29 is 0 Å².